The number of aromatic nitrogens is 4. The van der Waals surface area contributed by atoms with E-state index in [1.54, 1.807) is 23.3 Å². The summed E-state index contributed by atoms with van der Waals surface area (Å²) in [5.74, 6) is 0.987. The van der Waals surface area contributed by atoms with Gasteiger partial charge in [-0.05, 0) is 12.8 Å². The second-order valence-corrected chi connectivity index (χ2v) is 4.28. The average molecular weight is 237 g/mol. The minimum Gasteiger partial charge on any atom is -0.259 e. The zero-order chi connectivity index (χ0) is 11.7. The minimum atomic E-state index is 0.345. The number of rotatable bonds is 2. The molecule has 0 unspecified atom stereocenters. The summed E-state index contributed by atoms with van der Waals surface area (Å²) in [7, 11) is 0. The summed E-state index contributed by atoms with van der Waals surface area (Å²) in [4.78, 5) is 8.18. The monoisotopic (exact) mass is 236 g/mol. The van der Waals surface area contributed by atoms with E-state index in [1.165, 1.54) is 0 Å². The highest BCUT2D eigenvalue weighted by molar-refractivity contribution is 6.30. The standard InChI is InChI=1S/C11H13ClN4/c1-7(2)10-8(3)15-16(11(10)12)9-6-13-4-5-14-9/h4-7H,1-3H3. The van der Waals surface area contributed by atoms with Crippen LogP contribution in [-0.4, -0.2) is 19.7 Å². The first-order valence-electron chi connectivity index (χ1n) is 5.12. The van der Waals surface area contributed by atoms with Crippen molar-refractivity contribution in [2.75, 3.05) is 0 Å². The zero-order valence-electron chi connectivity index (χ0n) is 9.48. The Morgan fingerprint density at radius 3 is 2.56 bits per heavy atom. The molecule has 0 aliphatic carbocycles. The number of hydrogen-bond donors (Lipinski definition) is 0. The van der Waals surface area contributed by atoms with Crippen molar-refractivity contribution in [2.45, 2.75) is 26.7 Å². The maximum atomic E-state index is 6.29. The Morgan fingerprint density at radius 1 is 1.31 bits per heavy atom. The van der Waals surface area contributed by atoms with Crippen LogP contribution in [-0.2, 0) is 0 Å². The highest BCUT2D eigenvalue weighted by Gasteiger charge is 2.17. The topological polar surface area (TPSA) is 43.6 Å². The van der Waals surface area contributed by atoms with Gasteiger partial charge in [0.1, 0.15) is 5.15 Å². The lowest BCUT2D eigenvalue weighted by atomic mass is 10.1. The maximum Gasteiger partial charge on any atom is 0.173 e. The first-order valence-corrected chi connectivity index (χ1v) is 5.50. The van der Waals surface area contributed by atoms with E-state index in [2.05, 4.69) is 28.9 Å². The molecule has 4 nitrogen and oxygen atoms in total. The molecule has 2 aromatic heterocycles. The summed E-state index contributed by atoms with van der Waals surface area (Å²) >= 11 is 6.29. The van der Waals surface area contributed by atoms with E-state index in [1.807, 2.05) is 6.92 Å². The molecule has 16 heavy (non-hydrogen) atoms. The molecule has 0 N–H and O–H groups in total. The Bertz CT molecular complexity index is 490. The van der Waals surface area contributed by atoms with E-state index in [-0.39, 0.29) is 0 Å². The molecule has 0 aliphatic heterocycles. The molecule has 2 heterocycles. The number of aryl methyl sites for hydroxylation is 1. The molecule has 84 valence electrons. The van der Waals surface area contributed by atoms with E-state index in [4.69, 9.17) is 11.6 Å². The van der Waals surface area contributed by atoms with Gasteiger partial charge in [-0.2, -0.15) is 5.10 Å². The molecule has 0 saturated heterocycles. The predicted octanol–water partition coefficient (Wildman–Crippen LogP) is 2.75. The van der Waals surface area contributed by atoms with E-state index >= 15 is 0 Å². The average Bonchev–Trinajstić information content (AvgIpc) is 2.55. The molecular weight excluding hydrogens is 224 g/mol. The fraction of sp³-hybridized carbons (Fsp3) is 0.364. The Morgan fingerprint density at radius 2 is 2.06 bits per heavy atom. The van der Waals surface area contributed by atoms with Crippen LogP contribution in [0.5, 0.6) is 0 Å². The molecule has 0 saturated carbocycles. The summed E-state index contributed by atoms with van der Waals surface area (Å²) in [6.07, 6.45) is 4.89. The zero-order valence-corrected chi connectivity index (χ0v) is 10.2. The highest BCUT2D eigenvalue weighted by Crippen LogP contribution is 2.28. The van der Waals surface area contributed by atoms with Crippen molar-refractivity contribution in [3.63, 3.8) is 0 Å². The van der Waals surface area contributed by atoms with Crippen molar-refractivity contribution in [2.24, 2.45) is 0 Å². The molecule has 0 aromatic carbocycles. The largest absolute Gasteiger partial charge is 0.259 e. The Labute approximate surface area is 99.3 Å². The molecule has 2 rings (SSSR count). The molecule has 5 heteroatoms. The number of nitrogens with zero attached hydrogens (tertiary/aromatic N) is 4. The van der Waals surface area contributed by atoms with Gasteiger partial charge < -0.3 is 0 Å². The van der Waals surface area contributed by atoms with Crippen LogP contribution in [0.1, 0.15) is 31.0 Å². The van der Waals surface area contributed by atoms with Gasteiger partial charge in [-0.3, -0.25) is 4.98 Å². The summed E-state index contributed by atoms with van der Waals surface area (Å²) in [6.45, 7) is 6.14. The number of hydrogen-bond acceptors (Lipinski definition) is 3. The summed E-state index contributed by atoms with van der Waals surface area (Å²) in [5.41, 5.74) is 2.00. The Kier molecular flexibility index (Phi) is 2.92. The third-order valence-corrected chi connectivity index (χ3v) is 2.76. The summed E-state index contributed by atoms with van der Waals surface area (Å²) in [5, 5.41) is 5.00. The van der Waals surface area contributed by atoms with E-state index in [0.29, 0.717) is 16.9 Å². The van der Waals surface area contributed by atoms with Gasteiger partial charge in [-0.1, -0.05) is 25.4 Å². The maximum absolute atomic E-state index is 6.29. The summed E-state index contributed by atoms with van der Waals surface area (Å²) < 4.78 is 1.62. The molecule has 0 fully saturated rings. The first kappa shape index (κ1) is 11.1. The van der Waals surface area contributed by atoms with Gasteiger partial charge in [0, 0.05) is 18.0 Å². The van der Waals surface area contributed by atoms with Crippen LogP contribution in [0.3, 0.4) is 0 Å². The van der Waals surface area contributed by atoms with Gasteiger partial charge >= 0.3 is 0 Å². The van der Waals surface area contributed by atoms with Crippen molar-refractivity contribution in [3.05, 3.63) is 35.0 Å². The van der Waals surface area contributed by atoms with Crippen molar-refractivity contribution in [3.8, 4) is 5.82 Å². The van der Waals surface area contributed by atoms with E-state index < -0.39 is 0 Å². The quantitative estimate of drug-likeness (QED) is 0.805. The van der Waals surface area contributed by atoms with Crippen LogP contribution < -0.4 is 0 Å². The van der Waals surface area contributed by atoms with Crippen LogP contribution in [0.4, 0.5) is 0 Å². The van der Waals surface area contributed by atoms with Gasteiger partial charge in [-0.15, -0.1) is 0 Å². The molecule has 0 amide bonds. The van der Waals surface area contributed by atoms with Crippen LogP contribution in [0, 0.1) is 6.92 Å². The van der Waals surface area contributed by atoms with E-state index in [0.717, 1.165) is 11.3 Å². The molecule has 0 radical (unpaired) electrons. The molecule has 2 aromatic rings. The lowest BCUT2D eigenvalue weighted by Gasteiger charge is -2.04. The van der Waals surface area contributed by atoms with Gasteiger partial charge in [0.05, 0.1) is 11.9 Å². The molecular formula is C11H13ClN4. The molecule has 0 atom stereocenters. The smallest absolute Gasteiger partial charge is 0.173 e. The normalized spacial score (nSPS) is 11.1. The van der Waals surface area contributed by atoms with Gasteiger partial charge in [-0.25, -0.2) is 9.67 Å². The third kappa shape index (κ3) is 1.80. The third-order valence-electron chi connectivity index (χ3n) is 2.39. The predicted molar refractivity (Wildman–Crippen MR) is 63.0 cm³/mol. The molecule has 0 aliphatic rings. The highest BCUT2D eigenvalue weighted by atomic mass is 35.5. The van der Waals surface area contributed by atoms with Crippen molar-refractivity contribution in [1.29, 1.82) is 0 Å². The van der Waals surface area contributed by atoms with Gasteiger partial charge in [0.25, 0.3) is 0 Å². The molecule has 0 spiro atoms. The lowest BCUT2D eigenvalue weighted by Crippen LogP contribution is -2.00. The fourth-order valence-corrected chi connectivity index (χ4v) is 2.20. The minimum absolute atomic E-state index is 0.345. The van der Waals surface area contributed by atoms with Gasteiger partial charge in [0.2, 0.25) is 0 Å². The SMILES string of the molecule is Cc1nn(-c2cnccn2)c(Cl)c1C(C)C. The van der Waals surface area contributed by atoms with Crippen LogP contribution in [0.2, 0.25) is 5.15 Å². The van der Waals surface area contributed by atoms with Gasteiger partial charge in [0.15, 0.2) is 5.82 Å². The van der Waals surface area contributed by atoms with Crippen molar-refractivity contribution < 1.29 is 0 Å². The van der Waals surface area contributed by atoms with Crippen molar-refractivity contribution in [1.82, 2.24) is 19.7 Å². The second-order valence-electron chi connectivity index (χ2n) is 3.92. The Hall–Kier alpha value is -1.42. The van der Waals surface area contributed by atoms with Crippen LogP contribution >= 0.6 is 11.6 Å². The fourth-order valence-electron chi connectivity index (χ4n) is 1.72. The summed E-state index contributed by atoms with van der Waals surface area (Å²) in [6, 6.07) is 0. The second kappa shape index (κ2) is 4.22. The lowest BCUT2D eigenvalue weighted by molar-refractivity contribution is 0.825. The van der Waals surface area contributed by atoms with E-state index in [9.17, 15) is 0 Å². The van der Waals surface area contributed by atoms with Crippen LogP contribution in [0.15, 0.2) is 18.6 Å². The first-order chi connectivity index (χ1) is 7.61. The Balaban J connectivity index is 2.56. The molecule has 0 bridgehead atoms. The van der Waals surface area contributed by atoms with Crippen LogP contribution in [0.25, 0.3) is 5.82 Å². The number of halogens is 1. The van der Waals surface area contributed by atoms with Crippen molar-refractivity contribution >= 4 is 11.6 Å².